The molecule has 0 aliphatic carbocycles. The second-order valence-corrected chi connectivity index (χ2v) is 9.53. The first-order valence-electron chi connectivity index (χ1n) is 10.1. The maximum Gasteiger partial charge on any atom is 0.245 e. The van der Waals surface area contributed by atoms with Crippen LogP contribution in [0.3, 0.4) is 0 Å². The molecular weight excluding hydrogens is 364 g/mol. The lowest BCUT2D eigenvalue weighted by Crippen LogP contribution is -2.43. The van der Waals surface area contributed by atoms with Gasteiger partial charge in [0, 0.05) is 23.4 Å². The van der Waals surface area contributed by atoms with Crippen LogP contribution < -0.4 is 5.32 Å². The third kappa shape index (κ3) is 5.68. The van der Waals surface area contributed by atoms with Crippen molar-refractivity contribution in [3.63, 3.8) is 0 Å². The minimum Gasteiger partial charge on any atom is -0.333 e. The van der Waals surface area contributed by atoms with Crippen LogP contribution in [0.25, 0.3) is 5.69 Å². The van der Waals surface area contributed by atoms with Gasteiger partial charge in [-0.1, -0.05) is 53.7 Å². The van der Waals surface area contributed by atoms with Crippen molar-refractivity contribution in [3.05, 3.63) is 41.6 Å². The lowest BCUT2D eigenvalue weighted by Gasteiger charge is -2.28. The first kappa shape index (κ1) is 22.7. The largest absolute Gasteiger partial charge is 0.333 e. The molecule has 0 saturated carbocycles. The predicted octanol–water partition coefficient (Wildman–Crippen LogP) is 4.31. The van der Waals surface area contributed by atoms with E-state index in [-0.39, 0.29) is 23.8 Å². The molecule has 1 aromatic carbocycles. The van der Waals surface area contributed by atoms with Crippen LogP contribution in [0.2, 0.25) is 0 Å². The summed E-state index contributed by atoms with van der Waals surface area (Å²) in [6.07, 6.45) is 0. The number of nitrogens with one attached hydrogen (secondary N) is 1. The Labute approximate surface area is 174 Å². The van der Waals surface area contributed by atoms with Crippen molar-refractivity contribution in [2.24, 2.45) is 5.41 Å². The zero-order chi connectivity index (χ0) is 22.0. The number of amides is 2. The molecule has 6 nitrogen and oxygen atoms in total. The van der Waals surface area contributed by atoms with Gasteiger partial charge in [-0.3, -0.25) is 9.59 Å². The molecule has 0 atom stereocenters. The molecule has 158 valence electrons. The third-order valence-electron chi connectivity index (χ3n) is 4.64. The predicted molar refractivity (Wildman–Crippen MR) is 117 cm³/mol. The molecule has 6 heteroatoms. The van der Waals surface area contributed by atoms with Crippen LogP contribution in [-0.2, 0) is 15.0 Å². The molecule has 0 radical (unpaired) electrons. The van der Waals surface area contributed by atoms with Gasteiger partial charge in [-0.15, -0.1) is 0 Å². The van der Waals surface area contributed by atoms with Gasteiger partial charge in [0.15, 0.2) is 0 Å². The van der Waals surface area contributed by atoms with Crippen molar-refractivity contribution in [2.45, 2.75) is 60.8 Å². The summed E-state index contributed by atoms with van der Waals surface area (Å²) in [7, 11) is 0. The van der Waals surface area contributed by atoms with Crippen molar-refractivity contribution in [1.82, 2.24) is 14.7 Å². The van der Waals surface area contributed by atoms with Gasteiger partial charge in [-0.2, -0.15) is 5.10 Å². The van der Waals surface area contributed by atoms with Gasteiger partial charge in [0.25, 0.3) is 0 Å². The Morgan fingerprint density at radius 2 is 1.76 bits per heavy atom. The second kappa shape index (κ2) is 8.39. The SMILES string of the molecule is CCN(CC(=O)Nc1cc(C(C)(C)C)nn1-c1cccc(C)c1)C(=O)C(C)(C)C. The highest BCUT2D eigenvalue weighted by molar-refractivity contribution is 5.95. The van der Waals surface area contributed by atoms with Crippen LogP contribution in [0, 0.1) is 12.3 Å². The van der Waals surface area contributed by atoms with E-state index in [1.54, 1.807) is 9.58 Å². The van der Waals surface area contributed by atoms with Gasteiger partial charge in [-0.05, 0) is 31.5 Å². The fourth-order valence-corrected chi connectivity index (χ4v) is 2.95. The molecule has 0 aliphatic rings. The van der Waals surface area contributed by atoms with E-state index in [1.165, 1.54) is 0 Å². The second-order valence-electron chi connectivity index (χ2n) is 9.53. The molecule has 29 heavy (non-hydrogen) atoms. The summed E-state index contributed by atoms with van der Waals surface area (Å²) >= 11 is 0. The summed E-state index contributed by atoms with van der Waals surface area (Å²) in [6, 6.07) is 9.88. The molecule has 0 spiro atoms. The molecule has 0 saturated heterocycles. The number of aromatic nitrogens is 2. The van der Waals surface area contributed by atoms with E-state index in [9.17, 15) is 9.59 Å². The number of benzene rings is 1. The average Bonchev–Trinajstić information content (AvgIpc) is 3.02. The van der Waals surface area contributed by atoms with E-state index < -0.39 is 5.41 Å². The normalized spacial score (nSPS) is 12.0. The van der Waals surface area contributed by atoms with Gasteiger partial charge in [0.1, 0.15) is 5.82 Å². The van der Waals surface area contributed by atoms with E-state index in [0.717, 1.165) is 16.9 Å². The Hall–Kier alpha value is -2.63. The molecule has 0 aliphatic heterocycles. The monoisotopic (exact) mass is 398 g/mol. The third-order valence-corrected chi connectivity index (χ3v) is 4.64. The van der Waals surface area contributed by atoms with Crippen LogP contribution in [0.4, 0.5) is 5.82 Å². The molecule has 0 unspecified atom stereocenters. The average molecular weight is 399 g/mol. The van der Waals surface area contributed by atoms with Crippen LogP contribution in [-0.4, -0.2) is 39.6 Å². The zero-order valence-corrected chi connectivity index (χ0v) is 19.0. The lowest BCUT2D eigenvalue weighted by atomic mass is 9.92. The molecule has 2 amide bonds. The number of carbonyl (C=O) groups is 2. The van der Waals surface area contributed by atoms with Crippen molar-refractivity contribution in [3.8, 4) is 5.69 Å². The molecule has 2 aromatic rings. The number of likely N-dealkylation sites (N-methyl/N-ethyl adjacent to an activating group) is 1. The molecular formula is C23H34N4O2. The first-order chi connectivity index (χ1) is 13.3. The molecule has 0 bridgehead atoms. The highest BCUT2D eigenvalue weighted by Crippen LogP contribution is 2.26. The smallest absolute Gasteiger partial charge is 0.245 e. The van der Waals surface area contributed by atoms with E-state index in [4.69, 9.17) is 5.10 Å². The summed E-state index contributed by atoms with van der Waals surface area (Å²) in [5.74, 6) is 0.321. The van der Waals surface area contributed by atoms with Gasteiger partial charge in [0.05, 0.1) is 17.9 Å². The number of nitrogens with zero attached hydrogens (tertiary/aromatic N) is 3. The van der Waals surface area contributed by atoms with Crippen LogP contribution in [0.15, 0.2) is 30.3 Å². The van der Waals surface area contributed by atoms with Gasteiger partial charge >= 0.3 is 0 Å². The Bertz CT molecular complexity index is 885. The number of anilines is 1. The Kier molecular flexibility index (Phi) is 6.56. The Balaban J connectivity index is 2.32. The van der Waals surface area contributed by atoms with E-state index in [2.05, 4.69) is 26.1 Å². The number of hydrogen-bond donors (Lipinski definition) is 1. The maximum absolute atomic E-state index is 12.8. The van der Waals surface area contributed by atoms with E-state index in [1.807, 2.05) is 65.0 Å². The van der Waals surface area contributed by atoms with E-state index >= 15 is 0 Å². The quantitative estimate of drug-likeness (QED) is 0.816. The van der Waals surface area contributed by atoms with E-state index in [0.29, 0.717) is 12.4 Å². The van der Waals surface area contributed by atoms with Gasteiger partial charge in [-0.25, -0.2) is 4.68 Å². The first-order valence-corrected chi connectivity index (χ1v) is 10.1. The summed E-state index contributed by atoms with van der Waals surface area (Å²) in [4.78, 5) is 26.9. The van der Waals surface area contributed by atoms with Crippen molar-refractivity contribution in [2.75, 3.05) is 18.4 Å². The standard InChI is InChI=1S/C23H34N4O2/c1-9-26(21(29)23(6,7)8)15-20(28)24-19-14-18(22(3,4)5)25-27(19)17-12-10-11-16(2)13-17/h10-14H,9,15H2,1-8H3,(H,24,28). The summed E-state index contributed by atoms with van der Waals surface area (Å²) in [5.41, 5.74) is 2.19. The van der Waals surface area contributed by atoms with Crippen LogP contribution >= 0.6 is 0 Å². The molecule has 2 rings (SSSR count). The molecule has 0 fully saturated rings. The Morgan fingerprint density at radius 1 is 1.10 bits per heavy atom. The van der Waals surface area contributed by atoms with Crippen molar-refractivity contribution < 1.29 is 9.59 Å². The summed E-state index contributed by atoms with van der Waals surface area (Å²) in [5, 5.41) is 7.70. The van der Waals surface area contributed by atoms with Crippen molar-refractivity contribution >= 4 is 17.6 Å². The van der Waals surface area contributed by atoms with Crippen LogP contribution in [0.5, 0.6) is 0 Å². The lowest BCUT2D eigenvalue weighted by molar-refractivity contribution is -0.141. The van der Waals surface area contributed by atoms with Gasteiger partial charge < -0.3 is 10.2 Å². The topological polar surface area (TPSA) is 67.2 Å². The maximum atomic E-state index is 12.8. The minimum atomic E-state index is -0.529. The Morgan fingerprint density at radius 3 is 2.28 bits per heavy atom. The number of carbonyl (C=O) groups excluding carboxylic acids is 2. The van der Waals surface area contributed by atoms with Crippen molar-refractivity contribution in [1.29, 1.82) is 0 Å². The number of aryl methyl sites for hydroxylation is 1. The minimum absolute atomic E-state index is 0.0104. The number of rotatable bonds is 5. The fraction of sp³-hybridized carbons (Fsp3) is 0.522. The molecule has 1 aromatic heterocycles. The zero-order valence-electron chi connectivity index (χ0n) is 19.0. The summed E-state index contributed by atoms with van der Waals surface area (Å²) in [6.45, 7) is 16.2. The fourth-order valence-electron chi connectivity index (χ4n) is 2.95. The highest BCUT2D eigenvalue weighted by atomic mass is 16.2. The van der Waals surface area contributed by atoms with Gasteiger partial charge in [0.2, 0.25) is 11.8 Å². The van der Waals surface area contributed by atoms with Crippen LogP contribution in [0.1, 0.15) is 59.7 Å². The highest BCUT2D eigenvalue weighted by Gasteiger charge is 2.28. The molecule has 1 heterocycles. The summed E-state index contributed by atoms with van der Waals surface area (Å²) < 4.78 is 1.76. The molecule has 1 N–H and O–H groups in total. The number of hydrogen-bond acceptors (Lipinski definition) is 3.